The van der Waals surface area contributed by atoms with E-state index < -0.39 is 5.38 Å². The number of alkyl halides is 1. The van der Waals surface area contributed by atoms with Crippen molar-refractivity contribution in [1.82, 2.24) is 29.9 Å². The number of nitrogens with one attached hydrogen (secondary N) is 1. The fourth-order valence-corrected chi connectivity index (χ4v) is 4.15. The minimum atomic E-state index is -0.658. The highest BCUT2D eigenvalue weighted by Gasteiger charge is 2.49. The highest BCUT2D eigenvalue weighted by Crippen LogP contribution is 2.37. The van der Waals surface area contributed by atoms with E-state index >= 15 is 0 Å². The number of β-lactam (4-membered cyclic amide) rings is 1. The van der Waals surface area contributed by atoms with Crippen LogP contribution >= 0.6 is 23.8 Å². The Labute approximate surface area is 175 Å². The number of hydrogen-bond donors (Lipinski definition) is 1. The molecule has 1 fully saturated rings. The standard InChI is InChI=1S/C19H16ClN7OS/c1-11-6-8-12(9-7-11)17-16(20)18(28)27(17)26-15(22-23-19(26)29)10-25-14-5-3-2-4-13(14)21-24-25/h2-9,16-17H,10H2,1H3,(H,23,29). The maximum Gasteiger partial charge on any atom is 0.262 e. The number of nitrogens with zero attached hydrogens (tertiary/aromatic N) is 6. The third-order valence-electron chi connectivity index (χ3n) is 5.07. The smallest absolute Gasteiger partial charge is 0.262 e. The molecule has 29 heavy (non-hydrogen) atoms. The summed E-state index contributed by atoms with van der Waals surface area (Å²) in [5.41, 5.74) is 3.73. The molecular formula is C19H16ClN7OS. The van der Waals surface area contributed by atoms with Crippen LogP contribution in [0.3, 0.4) is 0 Å². The predicted molar refractivity (Wildman–Crippen MR) is 111 cm³/mol. The number of fused-ring (bicyclic) bond motifs is 1. The lowest BCUT2D eigenvalue weighted by molar-refractivity contribution is -0.126. The number of aromatic amines is 1. The van der Waals surface area contributed by atoms with Crippen LogP contribution in [-0.2, 0) is 11.3 Å². The van der Waals surface area contributed by atoms with Gasteiger partial charge in [-0.1, -0.05) is 47.2 Å². The summed E-state index contributed by atoms with van der Waals surface area (Å²) in [6, 6.07) is 15.3. The average Bonchev–Trinajstić information content (AvgIpc) is 3.30. The Bertz CT molecular complexity index is 1280. The van der Waals surface area contributed by atoms with Crippen molar-refractivity contribution in [3.05, 3.63) is 70.3 Å². The molecule has 8 nitrogen and oxygen atoms in total. The Morgan fingerprint density at radius 1 is 1.17 bits per heavy atom. The van der Waals surface area contributed by atoms with Gasteiger partial charge in [-0.05, 0) is 36.8 Å². The van der Waals surface area contributed by atoms with E-state index in [0.29, 0.717) is 17.1 Å². The van der Waals surface area contributed by atoms with Crippen LogP contribution in [0.1, 0.15) is 23.0 Å². The molecule has 10 heteroatoms. The molecule has 2 atom stereocenters. The molecule has 1 saturated heterocycles. The quantitative estimate of drug-likeness (QED) is 0.309. The molecule has 2 aromatic heterocycles. The van der Waals surface area contributed by atoms with E-state index in [-0.39, 0.29) is 11.9 Å². The minimum absolute atomic E-state index is 0.223. The van der Waals surface area contributed by atoms with Crippen molar-refractivity contribution >= 4 is 40.8 Å². The number of amides is 1. The third-order valence-corrected chi connectivity index (χ3v) is 5.76. The number of carbonyl (C=O) groups is 1. The summed E-state index contributed by atoms with van der Waals surface area (Å²) in [5.74, 6) is 0.319. The zero-order valence-corrected chi connectivity index (χ0v) is 16.9. The monoisotopic (exact) mass is 425 g/mol. The van der Waals surface area contributed by atoms with E-state index in [1.807, 2.05) is 55.5 Å². The van der Waals surface area contributed by atoms with Crippen molar-refractivity contribution in [2.45, 2.75) is 24.9 Å². The molecule has 1 amide bonds. The van der Waals surface area contributed by atoms with Gasteiger partial charge in [-0.3, -0.25) is 9.89 Å². The zero-order chi connectivity index (χ0) is 20.1. The summed E-state index contributed by atoms with van der Waals surface area (Å²) in [5, 5.41) is 16.4. The molecule has 1 N–H and O–H groups in total. The van der Waals surface area contributed by atoms with E-state index in [1.54, 1.807) is 14.4 Å². The first-order chi connectivity index (χ1) is 14.0. The number of para-hydroxylation sites is 1. The summed E-state index contributed by atoms with van der Waals surface area (Å²) in [6.45, 7) is 2.31. The maximum atomic E-state index is 12.7. The van der Waals surface area contributed by atoms with Gasteiger partial charge in [-0.2, -0.15) is 5.10 Å². The molecule has 2 unspecified atom stereocenters. The minimum Gasteiger partial charge on any atom is -0.271 e. The van der Waals surface area contributed by atoms with E-state index in [4.69, 9.17) is 23.8 Å². The second-order valence-electron chi connectivity index (χ2n) is 6.93. The molecule has 146 valence electrons. The Morgan fingerprint density at radius 3 is 2.72 bits per heavy atom. The molecule has 1 aliphatic rings. The maximum absolute atomic E-state index is 12.7. The van der Waals surface area contributed by atoms with Gasteiger partial charge in [0.05, 0.1) is 5.52 Å². The lowest BCUT2D eigenvalue weighted by Crippen LogP contribution is -2.62. The fraction of sp³-hybridized carbons (Fsp3) is 0.211. The molecule has 0 saturated carbocycles. The number of H-pyrrole nitrogens is 1. The van der Waals surface area contributed by atoms with Crippen LogP contribution < -0.4 is 5.01 Å². The highest BCUT2D eigenvalue weighted by atomic mass is 35.5. The van der Waals surface area contributed by atoms with Gasteiger partial charge in [-0.15, -0.1) is 16.7 Å². The van der Waals surface area contributed by atoms with Crippen molar-refractivity contribution in [2.75, 3.05) is 5.01 Å². The van der Waals surface area contributed by atoms with Crippen LogP contribution in [0, 0.1) is 11.7 Å². The van der Waals surface area contributed by atoms with E-state index in [9.17, 15) is 4.79 Å². The Morgan fingerprint density at radius 2 is 1.93 bits per heavy atom. The van der Waals surface area contributed by atoms with Gasteiger partial charge in [0, 0.05) is 0 Å². The second-order valence-corrected chi connectivity index (χ2v) is 7.79. The molecular weight excluding hydrogens is 410 g/mol. The molecule has 5 rings (SSSR count). The summed E-state index contributed by atoms with van der Waals surface area (Å²) in [4.78, 5) is 12.7. The Kier molecular flexibility index (Phi) is 4.21. The SMILES string of the molecule is Cc1ccc(C2C(Cl)C(=O)N2n2c(Cn3nnc4ccccc43)n[nH]c2=S)cc1. The number of benzene rings is 2. The Balaban J connectivity index is 1.54. The first-order valence-electron chi connectivity index (χ1n) is 9.03. The molecule has 0 radical (unpaired) electrons. The van der Waals surface area contributed by atoms with Gasteiger partial charge in [0.1, 0.15) is 23.5 Å². The molecule has 2 aromatic carbocycles. The summed E-state index contributed by atoms with van der Waals surface area (Å²) >= 11 is 11.8. The lowest BCUT2D eigenvalue weighted by Gasteiger charge is -2.44. The van der Waals surface area contributed by atoms with Crippen molar-refractivity contribution < 1.29 is 4.79 Å². The molecule has 3 heterocycles. The number of halogens is 1. The normalized spacial score (nSPS) is 19.0. The summed E-state index contributed by atoms with van der Waals surface area (Å²) < 4.78 is 3.65. The highest BCUT2D eigenvalue weighted by molar-refractivity contribution is 7.71. The van der Waals surface area contributed by atoms with Crippen LogP contribution in [0.15, 0.2) is 48.5 Å². The average molecular weight is 426 g/mol. The lowest BCUT2D eigenvalue weighted by atomic mass is 9.94. The molecule has 0 spiro atoms. The molecule has 4 aromatic rings. The first-order valence-corrected chi connectivity index (χ1v) is 9.87. The first kappa shape index (κ1) is 18.0. The summed E-state index contributed by atoms with van der Waals surface area (Å²) in [7, 11) is 0. The molecule has 1 aliphatic heterocycles. The van der Waals surface area contributed by atoms with Gasteiger partial charge in [0.2, 0.25) is 4.77 Å². The van der Waals surface area contributed by atoms with Gasteiger partial charge in [0.15, 0.2) is 5.82 Å². The van der Waals surface area contributed by atoms with Crippen molar-refractivity contribution in [3.63, 3.8) is 0 Å². The van der Waals surface area contributed by atoms with Crippen molar-refractivity contribution in [2.24, 2.45) is 0 Å². The second kappa shape index (κ2) is 6.78. The number of rotatable bonds is 4. The van der Waals surface area contributed by atoms with Gasteiger partial charge >= 0.3 is 0 Å². The molecule has 0 aliphatic carbocycles. The van der Waals surface area contributed by atoms with Crippen LogP contribution in [0.2, 0.25) is 0 Å². The van der Waals surface area contributed by atoms with Crippen LogP contribution in [0.4, 0.5) is 0 Å². The number of aryl methyl sites for hydroxylation is 1. The fourth-order valence-electron chi connectivity index (χ4n) is 3.55. The van der Waals surface area contributed by atoms with Gasteiger partial charge < -0.3 is 0 Å². The zero-order valence-electron chi connectivity index (χ0n) is 15.4. The Hall–Kier alpha value is -3.04. The van der Waals surface area contributed by atoms with E-state index in [1.165, 1.54) is 0 Å². The van der Waals surface area contributed by atoms with Gasteiger partial charge in [-0.25, -0.2) is 14.4 Å². The largest absolute Gasteiger partial charge is 0.271 e. The number of carbonyl (C=O) groups excluding carboxylic acids is 1. The van der Waals surface area contributed by atoms with Crippen molar-refractivity contribution in [3.8, 4) is 0 Å². The summed E-state index contributed by atoms with van der Waals surface area (Å²) in [6.07, 6.45) is 0. The van der Waals surface area contributed by atoms with E-state index in [0.717, 1.165) is 22.2 Å². The van der Waals surface area contributed by atoms with E-state index in [2.05, 4.69) is 20.5 Å². The van der Waals surface area contributed by atoms with Crippen LogP contribution in [0.5, 0.6) is 0 Å². The van der Waals surface area contributed by atoms with Gasteiger partial charge in [0.25, 0.3) is 5.91 Å². The predicted octanol–water partition coefficient (Wildman–Crippen LogP) is 2.87. The van der Waals surface area contributed by atoms with Crippen molar-refractivity contribution in [1.29, 1.82) is 0 Å². The number of hydrogen-bond acceptors (Lipinski definition) is 5. The van der Waals surface area contributed by atoms with Crippen LogP contribution in [-0.4, -0.2) is 41.2 Å². The number of aromatic nitrogens is 6. The molecule has 0 bridgehead atoms. The third kappa shape index (κ3) is 2.85. The topological polar surface area (TPSA) is 84.6 Å². The van der Waals surface area contributed by atoms with Crippen LogP contribution in [0.25, 0.3) is 11.0 Å².